The van der Waals surface area contributed by atoms with Gasteiger partial charge in [0.1, 0.15) is 0 Å². The van der Waals surface area contributed by atoms with Crippen molar-refractivity contribution in [1.82, 2.24) is 4.90 Å². The fourth-order valence-corrected chi connectivity index (χ4v) is 1.90. The maximum absolute atomic E-state index is 5.66. The quantitative estimate of drug-likeness (QED) is 0.571. The normalized spacial score (nSPS) is 12.7. The first-order valence-corrected chi connectivity index (χ1v) is 7.07. The highest BCUT2D eigenvalue weighted by Gasteiger charge is 2.08. The van der Waals surface area contributed by atoms with Crippen LogP contribution in [-0.2, 0) is 4.74 Å². The van der Waals surface area contributed by atoms with Crippen molar-refractivity contribution < 1.29 is 4.74 Å². The maximum Gasteiger partial charge on any atom is 0.0593 e. The first-order valence-electron chi connectivity index (χ1n) is 7.07. The molecular weight excluding hydrogens is 210 g/mol. The fraction of sp³-hybridized carbons (Fsp3) is 1.00. The highest BCUT2D eigenvalue weighted by Crippen LogP contribution is 2.21. The summed E-state index contributed by atoms with van der Waals surface area (Å²) in [6.45, 7) is 15.4. The minimum Gasteiger partial charge on any atom is -0.380 e. The van der Waals surface area contributed by atoms with Crippen molar-refractivity contribution in [2.24, 2.45) is 11.3 Å². The second kappa shape index (κ2) is 8.93. The molecule has 0 spiro atoms. The van der Waals surface area contributed by atoms with Crippen molar-refractivity contribution >= 4 is 0 Å². The van der Waals surface area contributed by atoms with Gasteiger partial charge in [0, 0.05) is 19.7 Å². The zero-order valence-electron chi connectivity index (χ0n) is 12.9. The first-order chi connectivity index (χ1) is 7.81. The molecule has 0 aliphatic rings. The smallest absolute Gasteiger partial charge is 0.0593 e. The number of unbranched alkanes of at least 4 members (excludes halogenated alkanes) is 1. The lowest BCUT2D eigenvalue weighted by Gasteiger charge is -2.19. The van der Waals surface area contributed by atoms with Crippen molar-refractivity contribution in [2.45, 2.75) is 53.9 Å². The van der Waals surface area contributed by atoms with Gasteiger partial charge in [0.2, 0.25) is 0 Å². The summed E-state index contributed by atoms with van der Waals surface area (Å²) >= 11 is 0. The van der Waals surface area contributed by atoms with E-state index >= 15 is 0 Å². The average molecular weight is 243 g/mol. The molecule has 0 radical (unpaired) electrons. The molecule has 2 heteroatoms. The Morgan fingerprint density at radius 1 is 1.06 bits per heavy atom. The molecular formula is C15H33NO. The summed E-state index contributed by atoms with van der Waals surface area (Å²) in [5, 5.41) is 0. The van der Waals surface area contributed by atoms with Gasteiger partial charge in [-0.2, -0.15) is 0 Å². The number of rotatable bonds is 9. The average Bonchev–Trinajstić information content (AvgIpc) is 2.13. The van der Waals surface area contributed by atoms with E-state index < -0.39 is 0 Å². The maximum atomic E-state index is 5.66. The molecule has 0 aromatic heterocycles. The summed E-state index contributed by atoms with van der Waals surface area (Å²) in [5.41, 5.74) is 0.470. The Kier molecular flexibility index (Phi) is 8.89. The zero-order valence-corrected chi connectivity index (χ0v) is 12.9. The van der Waals surface area contributed by atoms with Gasteiger partial charge in [-0.05, 0) is 31.2 Å². The second-order valence-corrected chi connectivity index (χ2v) is 6.79. The molecule has 0 aromatic carbocycles. The molecule has 104 valence electrons. The Bertz CT molecular complexity index is 172. The van der Waals surface area contributed by atoms with Gasteiger partial charge in [0.15, 0.2) is 0 Å². The van der Waals surface area contributed by atoms with Crippen molar-refractivity contribution in [2.75, 3.05) is 33.4 Å². The van der Waals surface area contributed by atoms with Crippen molar-refractivity contribution in [3.8, 4) is 0 Å². The van der Waals surface area contributed by atoms with Gasteiger partial charge >= 0.3 is 0 Å². The van der Waals surface area contributed by atoms with E-state index in [1.807, 2.05) is 0 Å². The molecule has 0 saturated heterocycles. The summed E-state index contributed by atoms with van der Waals surface area (Å²) in [6.07, 6.45) is 3.78. The van der Waals surface area contributed by atoms with E-state index in [2.05, 4.69) is 46.6 Å². The summed E-state index contributed by atoms with van der Waals surface area (Å²) < 4.78 is 5.66. The molecule has 2 nitrogen and oxygen atoms in total. The minimum absolute atomic E-state index is 0.470. The highest BCUT2D eigenvalue weighted by molar-refractivity contribution is 4.60. The molecule has 0 aliphatic heterocycles. The minimum atomic E-state index is 0.470. The summed E-state index contributed by atoms with van der Waals surface area (Å²) in [4.78, 5) is 2.35. The van der Waals surface area contributed by atoms with E-state index in [0.29, 0.717) is 5.41 Å². The third-order valence-corrected chi connectivity index (χ3v) is 2.76. The second-order valence-electron chi connectivity index (χ2n) is 6.79. The van der Waals surface area contributed by atoms with Gasteiger partial charge in [-0.15, -0.1) is 0 Å². The van der Waals surface area contributed by atoms with Crippen molar-refractivity contribution in [3.63, 3.8) is 0 Å². The van der Waals surface area contributed by atoms with Crippen LogP contribution in [0.4, 0.5) is 0 Å². The van der Waals surface area contributed by atoms with E-state index in [4.69, 9.17) is 4.74 Å². The Morgan fingerprint density at radius 3 is 2.24 bits per heavy atom. The van der Waals surface area contributed by atoms with Gasteiger partial charge in [-0.3, -0.25) is 0 Å². The molecule has 0 N–H and O–H groups in total. The summed E-state index contributed by atoms with van der Waals surface area (Å²) in [7, 11) is 2.17. The molecule has 0 fully saturated rings. The van der Waals surface area contributed by atoms with E-state index in [-0.39, 0.29) is 0 Å². The Morgan fingerprint density at radius 2 is 1.71 bits per heavy atom. The zero-order chi connectivity index (χ0) is 13.3. The van der Waals surface area contributed by atoms with E-state index in [0.717, 1.165) is 32.2 Å². The van der Waals surface area contributed by atoms with Crippen LogP contribution in [0.15, 0.2) is 0 Å². The number of hydrogen-bond donors (Lipinski definition) is 0. The molecule has 0 atom stereocenters. The lowest BCUT2D eigenvalue weighted by molar-refractivity contribution is 0.103. The molecule has 0 amide bonds. The van der Waals surface area contributed by atoms with Crippen LogP contribution < -0.4 is 0 Å². The topological polar surface area (TPSA) is 12.5 Å². The van der Waals surface area contributed by atoms with Crippen LogP contribution in [0.2, 0.25) is 0 Å². The SMILES string of the molecule is CC(C)CN(C)CCOCCCCC(C)(C)C. The van der Waals surface area contributed by atoms with Crippen LogP contribution in [0.1, 0.15) is 53.9 Å². The number of ether oxygens (including phenoxy) is 1. The molecule has 0 unspecified atom stereocenters. The van der Waals surface area contributed by atoms with E-state index in [1.54, 1.807) is 0 Å². The molecule has 0 aromatic rings. The van der Waals surface area contributed by atoms with Gasteiger partial charge in [0.25, 0.3) is 0 Å². The van der Waals surface area contributed by atoms with Crippen LogP contribution in [0, 0.1) is 11.3 Å². The van der Waals surface area contributed by atoms with Gasteiger partial charge in [-0.25, -0.2) is 0 Å². The Hall–Kier alpha value is -0.0800. The summed E-state index contributed by atoms with van der Waals surface area (Å²) in [6, 6.07) is 0. The van der Waals surface area contributed by atoms with Crippen molar-refractivity contribution in [3.05, 3.63) is 0 Å². The van der Waals surface area contributed by atoms with Crippen molar-refractivity contribution in [1.29, 1.82) is 0 Å². The lowest BCUT2D eigenvalue weighted by atomic mass is 9.90. The molecule has 0 heterocycles. The van der Waals surface area contributed by atoms with Crippen LogP contribution >= 0.6 is 0 Å². The Balaban J connectivity index is 3.24. The van der Waals surface area contributed by atoms with E-state index in [9.17, 15) is 0 Å². The molecule has 0 aliphatic carbocycles. The number of nitrogens with zero attached hydrogens (tertiary/aromatic N) is 1. The predicted octanol–water partition coefficient (Wildman–Crippen LogP) is 3.81. The standard InChI is InChI=1S/C15H33NO/c1-14(2)13-16(6)10-12-17-11-8-7-9-15(3,4)5/h14H,7-13H2,1-6H3. The van der Waals surface area contributed by atoms with Crippen LogP contribution in [0.3, 0.4) is 0 Å². The van der Waals surface area contributed by atoms with Crippen LogP contribution in [0.5, 0.6) is 0 Å². The largest absolute Gasteiger partial charge is 0.380 e. The fourth-order valence-electron chi connectivity index (χ4n) is 1.90. The van der Waals surface area contributed by atoms with E-state index in [1.165, 1.54) is 19.3 Å². The predicted molar refractivity (Wildman–Crippen MR) is 76.5 cm³/mol. The third-order valence-electron chi connectivity index (χ3n) is 2.76. The molecule has 0 rings (SSSR count). The molecule has 17 heavy (non-hydrogen) atoms. The first kappa shape index (κ1) is 16.9. The monoisotopic (exact) mass is 243 g/mol. The van der Waals surface area contributed by atoms with Gasteiger partial charge < -0.3 is 9.64 Å². The van der Waals surface area contributed by atoms with Gasteiger partial charge in [-0.1, -0.05) is 41.0 Å². The highest BCUT2D eigenvalue weighted by atomic mass is 16.5. The molecule has 0 saturated carbocycles. The number of hydrogen-bond acceptors (Lipinski definition) is 2. The van der Waals surface area contributed by atoms with Crippen LogP contribution in [0.25, 0.3) is 0 Å². The molecule has 0 bridgehead atoms. The number of likely N-dealkylation sites (N-methyl/N-ethyl adjacent to an activating group) is 1. The van der Waals surface area contributed by atoms with Gasteiger partial charge in [0.05, 0.1) is 6.61 Å². The third kappa shape index (κ3) is 13.9. The summed E-state index contributed by atoms with van der Waals surface area (Å²) in [5.74, 6) is 0.742. The van der Waals surface area contributed by atoms with Crippen LogP contribution in [-0.4, -0.2) is 38.3 Å². The lowest BCUT2D eigenvalue weighted by Crippen LogP contribution is -2.27. The Labute approximate surface area is 109 Å².